The van der Waals surface area contributed by atoms with Gasteiger partial charge < -0.3 is 15.0 Å². The van der Waals surface area contributed by atoms with E-state index in [9.17, 15) is 4.79 Å². The van der Waals surface area contributed by atoms with Crippen molar-refractivity contribution in [3.8, 4) is 5.75 Å². The first-order valence-corrected chi connectivity index (χ1v) is 9.36. The lowest BCUT2D eigenvalue weighted by atomic mass is 9.98. The highest BCUT2D eigenvalue weighted by Gasteiger charge is 2.19. The Kier molecular flexibility index (Phi) is 7.86. The number of rotatable bonds is 8. The Hall–Kier alpha value is -1.26. The second-order valence-electron chi connectivity index (χ2n) is 6.55. The highest BCUT2D eigenvalue weighted by atomic mass is 35.5. The lowest BCUT2D eigenvalue weighted by Gasteiger charge is -2.32. The van der Waals surface area contributed by atoms with Crippen molar-refractivity contribution in [2.45, 2.75) is 58.0 Å². The van der Waals surface area contributed by atoms with E-state index in [0.717, 1.165) is 30.7 Å². The van der Waals surface area contributed by atoms with E-state index in [1.807, 2.05) is 18.2 Å². The van der Waals surface area contributed by atoms with Crippen LogP contribution in [0.3, 0.4) is 0 Å². The number of likely N-dealkylation sites (tertiary alicyclic amines) is 1. The summed E-state index contributed by atoms with van der Waals surface area (Å²) in [5, 5.41) is 3.66. The van der Waals surface area contributed by atoms with Crippen LogP contribution in [0.25, 0.3) is 0 Å². The third kappa shape index (κ3) is 5.99. The second kappa shape index (κ2) is 9.90. The van der Waals surface area contributed by atoms with Crippen LogP contribution in [0.2, 0.25) is 5.02 Å². The van der Waals surface area contributed by atoms with Crippen molar-refractivity contribution in [2.75, 3.05) is 20.2 Å². The van der Waals surface area contributed by atoms with Gasteiger partial charge in [-0.15, -0.1) is 0 Å². The molecule has 4 nitrogen and oxygen atoms in total. The fourth-order valence-electron chi connectivity index (χ4n) is 3.13. The zero-order valence-electron chi connectivity index (χ0n) is 14.8. The summed E-state index contributed by atoms with van der Waals surface area (Å²) in [4.78, 5) is 14.6. The van der Waals surface area contributed by atoms with Crippen molar-refractivity contribution in [1.82, 2.24) is 10.2 Å². The van der Waals surface area contributed by atoms with Crippen molar-refractivity contribution >= 4 is 17.5 Å². The van der Waals surface area contributed by atoms with Gasteiger partial charge in [-0.2, -0.15) is 0 Å². The van der Waals surface area contributed by atoms with E-state index in [1.165, 1.54) is 19.3 Å². The Balaban J connectivity index is 1.81. The monoisotopic (exact) mass is 352 g/mol. The number of hydrogen-bond donors (Lipinski definition) is 1. The van der Waals surface area contributed by atoms with Crippen LogP contribution in [0.15, 0.2) is 18.2 Å². The SMILES string of the molecule is CCCOc1ccc(Cl)cc1CNC(=O)CC[C@@H]1CCCCN1C. The van der Waals surface area contributed by atoms with Gasteiger partial charge in [0.25, 0.3) is 0 Å². The highest BCUT2D eigenvalue weighted by Crippen LogP contribution is 2.23. The molecule has 1 aliphatic heterocycles. The van der Waals surface area contributed by atoms with E-state index in [0.29, 0.717) is 30.6 Å². The Morgan fingerprint density at radius 2 is 2.25 bits per heavy atom. The van der Waals surface area contributed by atoms with Gasteiger partial charge in [-0.05, 0) is 57.5 Å². The summed E-state index contributed by atoms with van der Waals surface area (Å²) in [5.41, 5.74) is 0.930. The summed E-state index contributed by atoms with van der Waals surface area (Å²) in [5.74, 6) is 0.893. The van der Waals surface area contributed by atoms with Crippen LogP contribution in [0.1, 0.15) is 51.0 Å². The lowest BCUT2D eigenvalue weighted by Crippen LogP contribution is -2.37. The van der Waals surface area contributed by atoms with Gasteiger partial charge in [-0.1, -0.05) is 24.9 Å². The molecular weight excluding hydrogens is 324 g/mol. The molecule has 0 aromatic heterocycles. The zero-order chi connectivity index (χ0) is 17.4. The average molecular weight is 353 g/mol. The summed E-state index contributed by atoms with van der Waals surface area (Å²) < 4.78 is 5.73. The van der Waals surface area contributed by atoms with E-state index < -0.39 is 0 Å². The maximum Gasteiger partial charge on any atom is 0.220 e. The summed E-state index contributed by atoms with van der Waals surface area (Å²) >= 11 is 6.07. The number of carbonyl (C=O) groups excluding carboxylic acids is 1. The van der Waals surface area contributed by atoms with Crippen LogP contribution >= 0.6 is 11.6 Å². The molecule has 1 saturated heterocycles. The Bertz CT molecular complexity index is 536. The molecule has 1 heterocycles. The molecule has 1 aromatic carbocycles. The van der Waals surface area contributed by atoms with E-state index in [-0.39, 0.29) is 5.91 Å². The Labute approximate surface area is 150 Å². The molecule has 1 aliphatic rings. The molecule has 0 radical (unpaired) electrons. The number of piperidine rings is 1. The molecule has 0 unspecified atom stereocenters. The minimum Gasteiger partial charge on any atom is -0.493 e. The fraction of sp³-hybridized carbons (Fsp3) is 0.632. The summed E-state index contributed by atoms with van der Waals surface area (Å²) in [7, 11) is 2.16. The normalized spacial score (nSPS) is 18.4. The van der Waals surface area contributed by atoms with Crippen molar-refractivity contribution < 1.29 is 9.53 Å². The zero-order valence-corrected chi connectivity index (χ0v) is 15.6. The van der Waals surface area contributed by atoms with Crippen LogP contribution in [0.4, 0.5) is 0 Å². The van der Waals surface area contributed by atoms with Crippen molar-refractivity contribution in [1.29, 1.82) is 0 Å². The maximum absolute atomic E-state index is 12.2. The van der Waals surface area contributed by atoms with Crippen molar-refractivity contribution in [3.05, 3.63) is 28.8 Å². The van der Waals surface area contributed by atoms with Crippen LogP contribution in [-0.2, 0) is 11.3 Å². The molecule has 0 spiro atoms. The molecule has 134 valence electrons. The predicted molar refractivity (Wildman–Crippen MR) is 98.6 cm³/mol. The number of halogens is 1. The third-order valence-corrected chi connectivity index (χ3v) is 4.82. The average Bonchev–Trinajstić information content (AvgIpc) is 2.58. The molecule has 1 aromatic rings. The van der Waals surface area contributed by atoms with Crippen LogP contribution < -0.4 is 10.1 Å². The second-order valence-corrected chi connectivity index (χ2v) is 6.98. The number of amides is 1. The van der Waals surface area contributed by atoms with Crippen molar-refractivity contribution in [3.63, 3.8) is 0 Å². The number of nitrogens with one attached hydrogen (secondary N) is 1. The Morgan fingerprint density at radius 1 is 1.42 bits per heavy atom. The molecule has 1 atom stereocenters. The minimum absolute atomic E-state index is 0.0930. The summed E-state index contributed by atoms with van der Waals surface area (Å²) in [6, 6.07) is 6.09. The fourth-order valence-corrected chi connectivity index (χ4v) is 3.32. The van der Waals surface area contributed by atoms with Gasteiger partial charge in [-0.25, -0.2) is 0 Å². The van der Waals surface area contributed by atoms with Gasteiger partial charge in [0.1, 0.15) is 5.75 Å². The largest absolute Gasteiger partial charge is 0.493 e. The predicted octanol–water partition coefficient (Wildman–Crippen LogP) is 4.01. The van der Waals surface area contributed by atoms with Gasteiger partial charge >= 0.3 is 0 Å². The van der Waals surface area contributed by atoms with Gasteiger partial charge in [0.05, 0.1) is 6.61 Å². The molecule has 0 aliphatic carbocycles. The highest BCUT2D eigenvalue weighted by molar-refractivity contribution is 6.30. The number of hydrogen-bond acceptors (Lipinski definition) is 3. The number of benzene rings is 1. The number of nitrogens with zero attached hydrogens (tertiary/aromatic N) is 1. The van der Waals surface area contributed by atoms with E-state index in [2.05, 4.69) is 24.2 Å². The molecule has 0 bridgehead atoms. The quantitative estimate of drug-likeness (QED) is 0.768. The Morgan fingerprint density at radius 3 is 3.00 bits per heavy atom. The first kappa shape index (κ1) is 19.1. The molecule has 5 heteroatoms. The maximum atomic E-state index is 12.2. The van der Waals surface area contributed by atoms with Gasteiger partial charge in [0, 0.05) is 29.6 Å². The smallest absolute Gasteiger partial charge is 0.220 e. The van der Waals surface area contributed by atoms with E-state index >= 15 is 0 Å². The van der Waals surface area contributed by atoms with Crippen LogP contribution in [0.5, 0.6) is 5.75 Å². The number of carbonyl (C=O) groups is 1. The molecule has 1 fully saturated rings. The number of ether oxygens (including phenoxy) is 1. The van der Waals surface area contributed by atoms with Crippen molar-refractivity contribution in [2.24, 2.45) is 0 Å². The standard InChI is InChI=1S/C19H29ClN2O2/c1-3-12-24-18-9-7-16(20)13-15(18)14-21-19(23)10-8-17-6-4-5-11-22(17)2/h7,9,13,17H,3-6,8,10-12,14H2,1-2H3,(H,21,23)/t17-/m0/s1. The van der Waals surface area contributed by atoms with Crippen LogP contribution in [0, 0.1) is 0 Å². The lowest BCUT2D eigenvalue weighted by molar-refractivity contribution is -0.121. The first-order valence-electron chi connectivity index (χ1n) is 8.98. The molecule has 2 rings (SSSR count). The molecule has 0 saturated carbocycles. The van der Waals surface area contributed by atoms with Gasteiger partial charge in [0.2, 0.25) is 5.91 Å². The third-order valence-electron chi connectivity index (χ3n) is 4.59. The summed E-state index contributed by atoms with van der Waals surface area (Å²) in [6.07, 6.45) is 6.19. The van der Waals surface area contributed by atoms with E-state index in [1.54, 1.807) is 0 Å². The van der Waals surface area contributed by atoms with Gasteiger partial charge in [-0.3, -0.25) is 4.79 Å². The first-order chi connectivity index (χ1) is 11.6. The van der Waals surface area contributed by atoms with Crippen LogP contribution in [-0.4, -0.2) is 37.0 Å². The topological polar surface area (TPSA) is 41.6 Å². The molecule has 1 amide bonds. The molecular formula is C19H29ClN2O2. The molecule has 24 heavy (non-hydrogen) atoms. The van der Waals surface area contributed by atoms with Gasteiger partial charge in [0.15, 0.2) is 0 Å². The minimum atomic E-state index is 0.0930. The van der Waals surface area contributed by atoms with E-state index in [4.69, 9.17) is 16.3 Å². The molecule has 1 N–H and O–H groups in total. The summed E-state index contributed by atoms with van der Waals surface area (Å²) in [6.45, 7) is 4.34.